The lowest BCUT2D eigenvalue weighted by molar-refractivity contribution is -0.199. The Morgan fingerprint density at radius 3 is 2.76 bits per heavy atom. The average Bonchev–Trinajstić information content (AvgIpc) is 3.56. The van der Waals surface area contributed by atoms with Crippen molar-refractivity contribution in [2.45, 2.75) is 83.1 Å². The van der Waals surface area contributed by atoms with Gasteiger partial charge in [0, 0.05) is 6.54 Å². The van der Waals surface area contributed by atoms with E-state index >= 15 is 0 Å². The number of anilines is 1. The first kappa shape index (κ1) is 28.3. The molecule has 3 saturated carbocycles. The molecule has 4 fully saturated rings. The van der Waals surface area contributed by atoms with Crippen LogP contribution in [0.4, 0.5) is 5.82 Å². The van der Waals surface area contributed by atoms with Crippen LogP contribution in [-0.4, -0.2) is 47.3 Å². The highest BCUT2D eigenvalue weighted by atomic mass is 35.5. The van der Waals surface area contributed by atoms with Crippen molar-refractivity contribution >= 4 is 30.4 Å². The van der Waals surface area contributed by atoms with Crippen LogP contribution in [-0.2, 0) is 27.1 Å². The van der Waals surface area contributed by atoms with E-state index < -0.39 is 19.1 Å². The third-order valence-corrected chi connectivity index (χ3v) is 10.4. The van der Waals surface area contributed by atoms with E-state index in [0.29, 0.717) is 43.3 Å². The molecule has 218 valence electrons. The zero-order valence-corrected chi connectivity index (χ0v) is 24.9. The number of fused-ring (bicyclic) bond motifs is 1. The minimum absolute atomic E-state index is 0.00698. The van der Waals surface area contributed by atoms with Gasteiger partial charge in [-0.05, 0) is 74.0 Å². The first-order valence-electron chi connectivity index (χ1n) is 14.5. The van der Waals surface area contributed by atoms with Gasteiger partial charge in [-0.25, -0.2) is 4.98 Å². The van der Waals surface area contributed by atoms with Crippen molar-refractivity contribution in [3.05, 3.63) is 63.7 Å². The van der Waals surface area contributed by atoms with E-state index in [4.69, 9.17) is 25.6 Å². The monoisotopic (exact) mass is 580 g/mol. The van der Waals surface area contributed by atoms with Gasteiger partial charge in [0.2, 0.25) is 5.91 Å². The van der Waals surface area contributed by atoms with Gasteiger partial charge in [0.15, 0.2) is 11.0 Å². The maximum absolute atomic E-state index is 13.7. The lowest BCUT2D eigenvalue weighted by Gasteiger charge is -2.64. The van der Waals surface area contributed by atoms with Crippen LogP contribution in [0, 0.1) is 17.3 Å². The number of ether oxygens (including phenoxy) is 1. The Labute approximate surface area is 246 Å². The van der Waals surface area contributed by atoms with Crippen LogP contribution in [0.5, 0.6) is 5.75 Å². The fourth-order valence-electron chi connectivity index (χ4n) is 7.56. The number of carbonyl (C=O) groups excluding carboxylic acids is 1. The summed E-state index contributed by atoms with van der Waals surface area (Å²) in [7, 11) is 1.03. The summed E-state index contributed by atoms with van der Waals surface area (Å²) >= 11 is 6.51. The summed E-state index contributed by atoms with van der Waals surface area (Å²) in [4.78, 5) is 31.6. The topological polar surface area (TPSA) is 104 Å². The smallest absolute Gasteiger partial charge is 0.482 e. The SMILES string of the molecule is C=CC[C@H](NC(=O)[C@@H]1CCc2c(Cl)nc(NCc3ccc(OC)cc3)c(=O)n21)B1O[C@@H]2C[C@@H]3C[C@H](C3(C)C)[C@]2(C)O1. The molecule has 0 spiro atoms. The maximum Gasteiger partial charge on any atom is 0.482 e. The molecule has 3 aliphatic carbocycles. The van der Waals surface area contributed by atoms with Crippen molar-refractivity contribution in [2.75, 3.05) is 12.4 Å². The number of carbonyl (C=O) groups is 1. The molecule has 9 nitrogen and oxygen atoms in total. The molecule has 5 aliphatic rings. The van der Waals surface area contributed by atoms with Gasteiger partial charge in [-0.3, -0.25) is 14.2 Å². The number of nitrogens with one attached hydrogen (secondary N) is 2. The predicted molar refractivity (Wildman–Crippen MR) is 158 cm³/mol. The van der Waals surface area contributed by atoms with E-state index in [-0.39, 0.29) is 39.6 Å². The normalized spacial score (nSPS) is 29.6. The largest absolute Gasteiger partial charge is 0.497 e. The summed E-state index contributed by atoms with van der Waals surface area (Å²) in [6.45, 7) is 11.1. The zero-order valence-electron chi connectivity index (χ0n) is 24.1. The van der Waals surface area contributed by atoms with Crippen molar-refractivity contribution in [3.63, 3.8) is 0 Å². The Kier molecular flexibility index (Phi) is 7.23. The molecule has 2 bridgehead atoms. The third kappa shape index (κ3) is 4.68. The number of aromatic nitrogens is 2. The summed E-state index contributed by atoms with van der Waals surface area (Å²) in [5, 5.41) is 6.46. The van der Waals surface area contributed by atoms with Gasteiger partial charge in [0.1, 0.15) is 11.8 Å². The fourth-order valence-corrected chi connectivity index (χ4v) is 7.83. The molecule has 1 aromatic heterocycles. The minimum Gasteiger partial charge on any atom is -0.497 e. The Balaban J connectivity index is 1.18. The summed E-state index contributed by atoms with van der Waals surface area (Å²) in [6.07, 6.45) is 5.32. The van der Waals surface area contributed by atoms with Crippen LogP contribution in [0.3, 0.4) is 0 Å². The van der Waals surface area contributed by atoms with Crippen molar-refractivity contribution in [2.24, 2.45) is 17.3 Å². The third-order valence-electron chi connectivity index (χ3n) is 10.1. The van der Waals surface area contributed by atoms with Crippen LogP contribution < -0.4 is 20.9 Å². The second kappa shape index (κ2) is 10.5. The Hall–Kier alpha value is -2.82. The van der Waals surface area contributed by atoms with Crippen LogP contribution >= 0.6 is 11.6 Å². The molecule has 41 heavy (non-hydrogen) atoms. The molecule has 3 heterocycles. The van der Waals surface area contributed by atoms with Crippen molar-refractivity contribution in [1.82, 2.24) is 14.9 Å². The van der Waals surface area contributed by atoms with Crippen LogP contribution in [0.1, 0.15) is 63.8 Å². The molecule has 2 aromatic rings. The highest BCUT2D eigenvalue weighted by Gasteiger charge is 2.68. The summed E-state index contributed by atoms with van der Waals surface area (Å²) in [6, 6.07) is 6.80. The highest BCUT2D eigenvalue weighted by Crippen LogP contribution is 2.65. The maximum atomic E-state index is 13.7. The van der Waals surface area contributed by atoms with Crippen molar-refractivity contribution in [1.29, 1.82) is 0 Å². The number of halogens is 1. The van der Waals surface area contributed by atoms with Crippen molar-refractivity contribution < 1.29 is 18.8 Å². The van der Waals surface area contributed by atoms with Gasteiger partial charge >= 0.3 is 7.12 Å². The van der Waals surface area contributed by atoms with Crippen molar-refractivity contribution in [3.8, 4) is 5.75 Å². The first-order chi connectivity index (χ1) is 19.6. The molecule has 2 N–H and O–H groups in total. The molecule has 0 unspecified atom stereocenters. The van der Waals surface area contributed by atoms with E-state index in [1.807, 2.05) is 24.3 Å². The number of benzene rings is 1. The number of methoxy groups -OCH3 is 1. The molecule has 7 rings (SSSR count). The van der Waals surface area contributed by atoms with E-state index in [0.717, 1.165) is 24.2 Å². The van der Waals surface area contributed by atoms with Gasteiger partial charge < -0.3 is 24.7 Å². The number of hydrogen-bond acceptors (Lipinski definition) is 7. The Bertz CT molecular complexity index is 1410. The van der Waals surface area contributed by atoms with Gasteiger partial charge in [0.05, 0.1) is 30.4 Å². The average molecular weight is 581 g/mol. The molecule has 0 radical (unpaired) electrons. The standard InChI is InChI=1S/C30H38BClN4O5/c1-6-7-24(31-40-23-15-18-14-22(29(18,2)3)30(23,4)41-31)34-27(37)21-13-12-20-25(32)35-26(28(38)36(20)21)33-16-17-8-10-19(39-5)11-9-17/h6,8-11,18,21-24H,1,7,12-16H2,2-5H3,(H,33,35)(H,34,37)/t18-,21-,22+,23+,24-,30-/m0/s1. The molecular weight excluding hydrogens is 543 g/mol. The summed E-state index contributed by atoms with van der Waals surface area (Å²) < 4.78 is 19.8. The number of rotatable bonds is 9. The van der Waals surface area contributed by atoms with Crippen LogP contribution in [0.2, 0.25) is 5.15 Å². The molecule has 6 atom stereocenters. The molecule has 1 saturated heterocycles. The minimum atomic E-state index is -0.710. The van der Waals surface area contributed by atoms with Gasteiger partial charge in [0.25, 0.3) is 5.56 Å². The van der Waals surface area contributed by atoms with Gasteiger partial charge in [-0.15, -0.1) is 6.58 Å². The van der Waals surface area contributed by atoms with Crippen LogP contribution in [0.15, 0.2) is 41.7 Å². The highest BCUT2D eigenvalue weighted by molar-refractivity contribution is 6.48. The van der Waals surface area contributed by atoms with E-state index in [9.17, 15) is 9.59 Å². The lowest BCUT2D eigenvalue weighted by atomic mass is 9.43. The van der Waals surface area contributed by atoms with E-state index in [1.54, 1.807) is 13.2 Å². The molecule has 11 heteroatoms. The van der Waals surface area contributed by atoms with Gasteiger partial charge in [-0.1, -0.05) is 43.7 Å². The number of nitrogens with zero attached hydrogens (tertiary/aromatic N) is 2. The number of hydrogen-bond donors (Lipinski definition) is 2. The fraction of sp³-hybridized carbons (Fsp3) is 0.567. The predicted octanol–water partition coefficient (Wildman–Crippen LogP) is 4.33. The zero-order chi connectivity index (χ0) is 29.1. The molecule has 1 amide bonds. The molecule has 2 aliphatic heterocycles. The summed E-state index contributed by atoms with van der Waals surface area (Å²) in [5.74, 6) is 1.22. The first-order valence-corrected chi connectivity index (χ1v) is 14.9. The Morgan fingerprint density at radius 1 is 1.32 bits per heavy atom. The lowest BCUT2D eigenvalue weighted by Crippen LogP contribution is -2.65. The second-order valence-corrected chi connectivity index (χ2v) is 13.0. The van der Waals surface area contributed by atoms with Crippen LogP contribution in [0.25, 0.3) is 0 Å². The van der Waals surface area contributed by atoms with E-state index in [1.165, 1.54) is 4.57 Å². The van der Waals surface area contributed by atoms with Gasteiger partial charge in [-0.2, -0.15) is 0 Å². The molecule has 1 aromatic carbocycles. The van der Waals surface area contributed by atoms with E-state index in [2.05, 4.69) is 43.0 Å². The quantitative estimate of drug-likeness (QED) is 0.336. The number of amides is 1. The Morgan fingerprint density at radius 2 is 2.07 bits per heavy atom. The molecular formula is C30H38BClN4O5. The summed E-state index contributed by atoms with van der Waals surface area (Å²) in [5.41, 5.74) is 0.989. The second-order valence-electron chi connectivity index (χ2n) is 12.6.